The molecular weight excluding hydrogens is 388 g/mol. The van der Waals surface area contributed by atoms with Gasteiger partial charge in [-0.05, 0) is 60.9 Å². The summed E-state index contributed by atoms with van der Waals surface area (Å²) in [6.45, 7) is 9.26. The van der Waals surface area contributed by atoms with E-state index in [4.69, 9.17) is 10.00 Å². The van der Waals surface area contributed by atoms with Crippen molar-refractivity contribution in [3.8, 4) is 6.07 Å². The van der Waals surface area contributed by atoms with Crippen LogP contribution in [0.2, 0.25) is 0 Å². The highest BCUT2D eigenvalue weighted by molar-refractivity contribution is 5.95. The zero-order valence-electron chi connectivity index (χ0n) is 18.5. The molecule has 1 saturated heterocycles. The molecule has 0 aromatic heterocycles. The summed E-state index contributed by atoms with van der Waals surface area (Å²) in [5.74, 6) is 0.222. The first-order chi connectivity index (χ1) is 15.0. The Morgan fingerprint density at radius 1 is 1.23 bits per heavy atom. The minimum Gasteiger partial charge on any atom is -0.378 e. The Kier molecular flexibility index (Phi) is 5.88. The van der Waals surface area contributed by atoms with Gasteiger partial charge in [0.25, 0.3) is 0 Å². The fraction of sp³-hybridized carbons (Fsp3) is 0.440. The number of nitrogens with zero attached hydrogens (tertiary/aromatic N) is 3. The van der Waals surface area contributed by atoms with Crippen LogP contribution in [0.5, 0.6) is 0 Å². The summed E-state index contributed by atoms with van der Waals surface area (Å²) in [7, 11) is 0. The van der Waals surface area contributed by atoms with E-state index in [0.29, 0.717) is 5.56 Å². The standard InChI is InChI=1S/C25H30N4O2/c1-4-25(27-22-7-5-20(17-26)6-8-22)18(2)15-21-16-23(28-11-13-31-14-12-28)9-10-24(21)29(25)19(3)30/h5-10,16,18,27H,4,11-15H2,1-3H3/t18-,25+/m1/s1. The Morgan fingerprint density at radius 3 is 2.55 bits per heavy atom. The van der Waals surface area contributed by atoms with E-state index in [1.807, 2.05) is 17.0 Å². The molecule has 6 nitrogen and oxygen atoms in total. The molecule has 4 rings (SSSR count). The van der Waals surface area contributed by atoms with E-state index in [0.717, 1.165) is 50.5 Å². The molecular formula is C25H30N4O2. The van der Waals surface area contributed by atoms with Crippen LogP contribution in [0.4, 0.5) is 17.1 Å². The van der Waals surface area contributed by atoms with Gasteiger partial charge in [-0.1, -0.05) is 13.8 Å². The molecule has 0 radical (unpaired) electrons. The van der Waals surface area contributed by atoms with E-state index >= 15 is 0 Å². The molecule has 2 aliphatic rings. The summed E-state index contributed by atoms with van der Waals surface area (Å²) in [6.07, 6.45) is 1.65. The minimum absolute atomic E-state index is 0.0231. The van der Waals surface area contributed by atoms with Crippen LogP contribution in [-0.4, -0.2) is 37.9 Å². The van der Waals surface area contributed by atoms with Gasteiger partial charge < -0.3 is 15.0 Å². The number of hydrogen-bond donors (Lipinski definition) is 1. The molecule has 0 saturated carbocycles. The number of hydrogen-bond acceptors (Lipinski definition) is 5. The van der Waals surface area contributed by atoms with E-state index in [1.165, 1.54) is 11.3 Å². The van der Waals surface area contributed by atoms with E-state index in [1.54, 1.807) is 19.1 Å². The van der Waals surface area contributed by atoms with E-state index in [9.17, 15) is 4.79 Å². The van der Waals surface area contributed by atoms with Crippen LogP contribution in [0.3, 0.4) is 0 Å². The molecule has 162 valence electrons. The van der Waals surface area contributed by atoms with E-state index in [-0.39, 0.29) is 11.8 Å². The van der Waals surface area contributed by atoms with Crippen molar-refractivity contribution in [2.75, 3.05) is 41.4 Å². The molecule has 0 spiro atoms. The van der Waals surface area contributed by atoms with Crippen molar-refractivity contribution in [2.45, 2.75) is 39.3 Å². The zero-order valence-corrected chi connectivity index (χ0v) is 18.5. The molecule has 2 atom stereocenters. The molecule has 1 N–H and O–H groups in total. The van der Waals surface area contributed by atoms with Crippen molar-refractivity contribution in [3.63, 3.8) is 0 Å². The average molecular weight is 419 g/mol. The SMILES string of the molecule is CC[C@@]1(Nc2ccc(C#N)cc2)[C@H](C)Cc2cc(N3CCOCC3)ccc2N1C(C)=O. The Hall–Kier alpha value is -3.04. The van der Waals surface area contributed by atoms with Crippen LogP contribution in [-0.2, 0) is 16.0 Å². The highest BCUT2D eigenvalue weighted by Gasteiger charge is 2.47. The second-order valence-corrected chi connectivity index (χ2v) is 8.46. The largest absolute Gasteiger partial charge is 0.378 e. The molecule has 31 heavy (non-hydrogen) atoms. The topological polar surface area (TPSA) is 68.6 Å². The summed E-state index contributed by atoms with van der Waals surface area (Å²) in [5, 5.41) is 12.8. The lowest BCUT2D eigenvalue weighted by Gasteiger charge is -2.52. The van der Waals surface area contributed by atoms with Crippen LogP contribution in [0.1, 0.15) is 38.3 Å². The van der Waals surface area contributed by atoms with Crippen molar-refractivity contribution < 1.29 is 9.53 Å². The highest BCUT2D eigenvalue weighted by Crippen LogP contribution is 2.44. The van der Waals surface area contributed by atoms with Crippen LogP contribution in [0, 0.1) is 17.2 Å². The number of rotatable bonds is 4. The van der Waals surface area contributed by atoms with Gasteiger partial charge in [0.15, 0.2) is 0 Å². The summed E-state index contributed by atoms with van der Waals surface area (Å²) in [4.78, 5) is 17.3. The first-order valence-corrected chi connectivity index (χ1v) is 11.0. The highest BCUT2D eigenvalue weighted by atomic mass is 16.5. The predicted octanol–water partition coefficient (Wildman–Crippen LogP) is 4.16. The normalized spacial score (nSPS) is 23.1. The summed E-state index contributed by atoms with van der Waals surface area (Å²) in [5.41, 5.74) is 4.38. The third kappa shape index (κ3) is 3.86. The predicted molar refractivity (Wildman–Crippen MR) is 123 cm³/mol. The van der Waals surface area contributed by atoms with Crippen molar-refractivity contribution in [3.05, 3.63) is 53.6 Å². The van der Waals surface area contributed by atoms with E-state index < -0.39 is 5.66 Å². The van der Waals surface area contributed by atoms with Gasteiger partial charge in [0.2, 0.25) is 5.91 Å². The number of ether oxygens (including phenoxy) is 1. The van der Waals surface area contributed by atoms with E-state index in [2.05, 4.69) is 48.3 Å². The molecule has 2 aliphatic heterocycles. The van der Waals surface area contributed by atoms with Crippen molar-refractivity contribution in [1.29, 1.82) is 5.26 Å². The molecule has 2 heterocycles. The van der Waals surface area contributed by atoms with Gasteiger partial charge in [0, 0.05) is 43.0 Å². The third-order valence-electron chi connectivity index (χ3n) is 6.65. The lowest BCUT2D eigenvalue weighted by atomic mass is 9.79. The molecule has 2 aromatic rings. The smallest absolute Gasteiger partial charge is 0.225 e. The average Bonchev–Trinajstić information content (AvgIpc) is 2.80. The second kappa shape index (κ2) is 8.60. The van der Waals surface area contributed by atoms with Crippen LogP contribution in [0.15, 0.2) is 42.5 Å². The van der Waals surface area contributed by atoms with Gasteiger partial charge in [0.05, 0.1) is 24.8 Å². The number of carbonyl (C=O) groups excluding carboxylic acids is 1. The molecule has 0 aliphatic carbocycles. The quantitative estimate of drug-likeness (QED) is 0.808. The van der Waals surface area contributed by atoms with Crippen LogP contribution < -0.4 is 15.1 Å². The zero-order chi connectivity index (χ0) is 22.0. The number of nitrogens with one attached hydrogen (secondary N) is 1. The van der Waals surface area contributed by atoms with Gasteiger partial charge in [0.1, 0.15) is 5.66 Å². The molecule has 6 heteroatoms. The van der Waals surface area contributed by atoms with Crippen LogP contribution in [0.25, 0.3) is 0 Å². The maximum atomic E-state index is 13.0. The number of nitriles is 1. The van der Waals surface area contributed by atoms with Crippen molar-refractivity contribution >= 4 is 23.0 Å². The first-order valence-electron chi connectivity index (χ1n) is 11.0. The number of carbonyl (C=O) groups is 1. The summed E-state index contributed by atoms with van der Waals surface area (Å²) >= 11 is 0. The van der Waals surface area contributed by atoms with Gasteiger partial charge in [-0.15, -0.1) is 0 Å². The molecule has 0 unspecified atom stereocenters. The molecule has 1 amide bonds. The third-order valence-corrected chi connectivity index (χ3v) is 6.65. The lowest BCUT2D eigenvalue weighted by Crippen LogP contribution is -2.63. The van der Waals surface area contributed by atoms with Gasteiger partial charge in [-0.3, -0.25) is 9.69 Å². The number of anilines is 3. The maximum absolute atomic E-state index is 13.0. The molecule has 2 aromatic carbocycles. The lowest BCUT2D eigenvalue weighted by molar-refractivity contribution is -0.118. The fourth-order valence-electron chi connectivity index (χ4n) is 5.01. The molecule has 0 bridgehead atoms. The van der Waals surface area contributed by atoms with Crippen molar-refractivity contribution in [2.24, 2.45) is 5.92 Å². The fourth-order valence-corrected chi connectivity index (χ4v) is 5.01. The number of fused-ring (bicyclic) bond motifs is 1. The summed E-state index contributed by atoms with van der Waals surface area (Å²) < 4.78 is 5.49. The monoisotopic (exact) mass is 418 g/mol. The van der Waals surface area contributed by atoms with Gasteiger partial charge >= 0.3 is 0 Å². The first kappa shape index (κ1) is 21.2. The number of amides is 1. The van der Waals surface area contributed by atoms with Crippen molar-refractivity contribution in [1.82, 2.24) is 0 Å². The Balaban J connectivity index is 1.72. The molecule has 1 fully saturated rings. The maximum Gasteiger partial charge on any atom is 0.225 e. The summed E-state index contributed by atoms with van der Waals surface area (Å²) in [6, 6.07) is 16.1. The van der Waals surface area contributed by atoms with Gasteiger partial charge in [-0.25, -0.2) is 0 Å². The number of benzene rings is 2. The second-order valence-electron chi connectivity index (χ2n) is 8.46. The van der Waals surface area contributed by atoms with Crippen LogP contribution >= 0.6 is 0 Å². The Bertz CT molecular complexity index is 992. The Morgan fingerprint density at radius 2 is 1.94 bits per heavy atom. The number of morpholine rings is 1. The van der Waals surface area contributed by atoms with Gasteiger partial charge in [-0.2, -0.15) is 5.26 Å². The minimum atomic E-state index is -0.534. The Labute approximate surface area is 184 Å².